The van der Waals surface area contributed by atoms with Crippen LogP contribution in [0.3, 0.4) is 0 Å². The summed E-state index contributed by atoms with van der Waals surface area (Å²) in [5, 5.41) is 6.21. The molecule has 0 aliphatic carbocycles. The maximum absolute atomic E-state index is 12.1. The Balaban J connectivity index is 1.90. The van der Waals surface area contributed by atoms with Crippen molar-refractivity contribution >= 4 is 29.2 Å². The lowest BCUT2D eigenvalue weighted by Gasteiger charge is -2.19. The molecule has 1 aliphatic rings. The Labute approximate surface area is 136 Å². The van der Waals surface area contributed by atoms with Gasteiger partial charge in [-0.1, -0.05) is 31.5 Å². The Morgan fingerprint density at radius 1 is 1.45 bits per heavy atom. The number of aryl methyl sites for hydroxylation is 1. The van der Waals surface area contributed by atoms with Gasteiger partial charge in [0, 0.05) is 30.2 Å². The molecular weight excluding hydrogens is 302 g/mol. The molecule has 1 aromatic carbocycles. The number of urea groups is 1. The predicted molar refractivity (Wildman–Crippen MR) is 88.2 cm³/mol. The molecule has 1 fully saturated rings. The molecule has 120 valence electrons. The molecule has 0 spiro atoms. The van der Waals surface area contributed by atoms with E-state index < -0.39 is 0 Å². The fourth-order valence-electron chi connectivity index (χ4n) is 2.56. The zero-order chi connectivity index (χ0) is 16.3. The molecule has 1 heterocycles. The highest BCUT2D eigenvalue weighted by Crippen LogP contribution is 2.20. The van der Waals surface area contributed by atoms with Crippen LogP contribution in [-0.4, -0.2) is 36.0 Å². The van der Waals surface area contributed by atoms with Crippen LogP contribution in [0.4, 0.5) is 10.5 Å². The molecule has 5 nitrogen and oxygen atoms in total. The highest BCUT2D eigenvalue weighted by molar-refractivity contribution is 6.31. The van der Waals surface area contributed by atoms with Crippen molar-refractivity contribution in [2.75, 3.05) is 18.4 Å². The second-order valence-electron chi connectivity index (χ2n) is 6.15. The summed E-state index contributed by atoms with van der Waals surface area (Å²) in [6.45, 7) is 7.34. The zero-order valence-electron chi connectivity index (χ0n) is 13.1. The highest BCUT2D eigenvalue weighted by Gasteiger charge is 2.30. The molecule has 2 rings (SSSR count). The van der Waals surface area contributed by atoms with Crippen LogP contribution in [0.2, 0.25) is 5.02 Å². The number of nitrogens with zero attached hydrogens (tertiary/aromatic N) is 1. The zero-order valence-corrected chi connectivity index (χ0v) is 13.9. The van der Waals surface area contributed by atoms with Crippen molar-refractivity contribution in [1.29, 1.82) is 0 Å². The van der Waals surface area contributed by atoms with Gasteiger partial charge in [0.15, 0.2) is 0 Å². The monoisotopic (exact) mass is 323 g/mol. The Morgan fingerprint density at radius 3 is 2.86 bits per heavy atom. The van der Waals surface area contributed by atoms with Crippen molar-refractivity contribution in [3.63, 3.8) is 0 Å². The van der Waals surface area contributed by atoms with Crippen LogP contribution in [0.15, 0.2) is 18.2 Å². The summed E-state index contributed by atoms with van der Waals surface area (Å²) in [6, 6.07) is 4.88. The number of anilines is 1. The summed E-state index contributed by atoms with van der Waals surface area (Å²) >= 11 is 5.93. The van der Waals surface area contributed by atoms with Crippen LogP contribution in [0, 0.1) is 12.8 Å². The Bertz CT molecular complexity index is 575. The molecule has 1 aliphatic heterocycles. The molecule has 1 unspecified atom stereocenters. The van der Waals surface area contributed by atoms with E-state index in [9.17, 15) is 9.59 Å². The smallest absolute Gasteiger partial charge is 0.319 e. The molecule has 3 amide bonds. The molecular formula is C16H22ClN3O2. The third kappa shape index (κ3) is 4.37. The highest BCUT2D eigenvalue weighted by atomic mass is 35.5. The number of rotatable bonds is 4. The number of benzene rings is 1. The topological polar surface area (TPSA) is 61.4 Å². The maximum atomic E-state index is 12.1. The van der Waals surface area contributed by atoms with Crippen molar-refractivity contribution in [2.24, 2.45) is 5.92 Å². The molecule has 1 atom stereocenters. The van der Waals surface area contributed by atoms with Gasteiger partial charge in [-0.25, -0.2) is 4.79 Å². The predicted octanol–water partition coefficient (Wildman–Crippen LogP) is 3.03. The van der Waals surface area contributed by atoms with Gasteiger partial charge in [-0.3, -0.25) is 4.79 Å². The van der Waals surface area contributed by atoms with E-state index in [1.54, 1.807) is 17.0 Å². The normalized spacial score (nSPS) is 18.0. The first-order valence-electron chi connectivity index (χ1n) is 7.46. The lowest BCUT2D eigenvalue weighted by atomic mass is 10.2. The van der Waals surface area contributed by atoms with Gasteiger partial charge in [-0.2, -0.15) is 0 Å². The quantitative estimate of drug-likeness (QED) is 0.894. The largest absolute Gasteiger partial charge is 0.340 e. The first kappa shape index (κ1) is 16.6. The van der Waals surface area contributed by atoms with Gasteiger partial charge in [0.25, 0.3) is 0 Å². The second kappa shape index (κ2) is 7.01. The molecule has 22 heavy (non-hydrogen) atoms. The summed E-state index contributed by atoms with van der Waals surface area (Å²) < 4.78 is 0. The number of carbonyl (C=O) groups is 2. The van der Waals surface area contributed by atoms with E-state index >= 15 is 0 Å². The minimum atomic E-state index is -0.311. The molecule has 0 radical (unpaired) electrons. The molecule has 0 aromatic heterocycles. The van der Waals surface area contributed by atoms with Crippen molar-refractivity contribution < 1.29 is 9.59 Å². The van der Waals surface area contributed by atoms with Gasteiger partial charge in [0.05, 0.1) is 6.04 Å². The fraction of sp³-hybridized carbons (Fsp3) is 0.500. The summed E-state index contributed by atoms with van der Waals surface area (Å²) in [4.78, 5) is 25.8. The summed E-state index contributed by atoms with van der Waals surface area (Å²) in [7, 11) is 0. The molecule has 6 heteroatoms. The van der Waals surface area contributed by atoms with Crippen LogP contribution >= 0.6 is 11.6 Å². The van der Waals surface area contributed by atoms with E-state index in [-0.39, 0.29) is 18.0 Å². The Kier molecular flexibility index (Phi) is 5.29. The van der Waals surface area contributed by atoms with Crippen LogP contribution in [0.25, 0.3) is 0 Å². The van der Waals surface area contributed by atoms with Gasteiger partial charge in [0.2, 0.25) is 5.91 Å². The Morgan fingerprint density at radius 2 is 2.18 bits per heavy atom. The first-order valence-corrected chi connectivity index (χ1v) is 7.84. The van der Waals surface area contributed by atoms with E-state index in [4.69, 9.17) is 11.6 Å². The van der Waals surface area contributed by atoms with Crippen LogP contribution < -0.4 is 10.6 Å². The van der Waals surface area contributed by atoms with Gasteiger partial charge < -0.3 is 15.5 Å². The SMILES string of the molecule is Cc1ccc(Cl)cc1NC(=O)NC1CC(=O)N(CC(C)C)C1. The molecule has 1 aromatic rings. The lowest BCUT2D eigenvalue weighted by molar-refractivity contribution is -0.128. The average molecular weight is 324 g/mol. The molecule has 0 bridgehead atoms. The number of halogens is 1. The number of hydrogen-bond donors (Lipinski definition) is 2. The third-order valence-electron chi connectivity index (χ3n) is 3.58. The Hall–Kier alpha value is -1.75. The van der Waals surface area contributed by atoms with E-state index in [0.29, 0.717) is 29.6 Å². The van der Waals surface area contributed by atoms with Crippen LogP contribution in [0.1, 0.15) is 25.8 Å². The number of hydrogen-bond acceptors (Lipinski definition) is 2. The molecule has 1 saturated heterocycles. The number of nitrogens with one attached hydrogen (secondary N) is 2. The summed E-state index contributed by atoms with van der Waals surface area (Å²) in [5.41, 5.74) is 1.61. The van der Waals surface area contributed by atoms with E-state index in [1.165, 1.54) is 0 Å². The third-order valence-corrected chi connectivity index (χ3v) is 3.82. The number of amides is 3. The van der Waals surface area contributed by atoms with Gasteiger partial charge in [-0.15, -0.1) is 0 Å². The van der Waals surface area contributed by atoms with E-state index in [0.717, 1.165) is 12.1 Å². The summed E-state index contributed by atoms with van der Waals surface area (Å²) in [6.07, 6.45) is 0.356. The second-order valence-corrected chi connectivity index (χ2v) is 6.59. The maximum Gasteiger partial charge on any atom is 0.319 e. The van der Waals surface area contributed by atoms with Crippen molar-refractivity contribution in [3.8, 4) is 0 Å². The lowest BCUT2D eigenvalue weighted by Crippen LogP contribution is -2.40. The van der Waals surface area contributed by atoms with Crippen molar-refractivity contribution in [2.45, 2.75) is 33.2 Å². The van der Waals surface area contributed by atoms with Gasteiger partial charge in [0.1, 0.15) is 0 Å². The van der Waals surface area contributed by atoms with Crippen molar-refractivity contribution in [3.05, 3.63) is 28.8 Å². The summed E-state index contributed by atoms with van der Waals surface area (Å²) in [5.74, 6) is 0.517. The van der Waals surface area contributed by atoms with Gasteiger partial charge in [-0.05, 0) is 30.5 Å². The van der Waals surface area contributed by atoms with Crippen LogP contribution in [-0.2, 0) is 4.79 Å². The standard InChI is InChI=1S/C16H22ClN3O2/c1-10(2)8-20-9-13(7-15(20)21)18-16(22)19-14-6-12(17)5-4-11(14)3/h4-6,10,13H,7-9H2,1-3H3,(H2,18,19,22). The average Bonchev–Trinajstić information content (AvgIpc) is 2.73. The van der Waals surface area contributed by atoms with Gasteiger partial charge >= 0.3 is 6.03 Å². The fourth-order valence-corrected chi connectivity index (χ4v) is 2.73. The minimum Gasteiger partial charge on any atom is -0.340 e. The first-order chi connectivity index (χ1) is 10.3. The number of likely N-dealkylation sites (tertiary alicyclic amines) is 1. The van der Waals surface area contributed by atoms with Crippen molar-refractivity contribution in [1.82, 2.24) is 10.2 Å². The van der Waals surface area contributed by atoms with Crippen LogP contribution in [0.5, 0.6) is 0 Å². The molecule has 2 N–H and O–H groups in total. The van der Waals surface area contributed by atoms with E-state index in [1.807, 2.05) is 13.0 Å². The number of carbonyl (C=O) groups excluding carboxylic acids is 2. The minimum absolute atomic E-state index is 0.0953. The van der Waals surface area contributed by atoms with E-state index in [2.05, 4.69) is 24.5 Å². The molecule has 0 saturated carbocycles.